The predicted molar refractivity (Wildman–Crippen MR) is 100 cm³/mol. The highest BCUT2D eigenvalue weighted by Gasteiger charge is 1.97. The van der Waals surface area contributed by atoms with Crippen molar-refractivity contribution in [3.8, 4) is 5.75 Å². The Morgan fingerprint density at radius 3 is 2.26 bits per heavy atom. The summed E-state index contributed by atoms with van der Waals surface area (Å²) in [5.41, 5.74) is 2.50. The van der Waals surface area contributed by atoms with Crippen molar-refractivity contribution >= 4 is 12.4 Å². The first-order chi connectivity index (χ1) is 10.9. The first-order valence-corrected chi connectivity index (χ1v) is 8.35. The molecule has 0 amide bonds. The van der Waals surface area contributed by atoms with Crippen molar-refractivity contribution in [2.45, 2.75) is 45.8 Å². The molecule has 2 aromatic carbocycles. The van der Waals surface area contributed by atoms with Gasteiger partial charge < -0.3 is 10.1 Å². The molecule has 23 heavy (non-hydrogen) atoms. The minimum absolute atomic E-state index is 0. The van der Waals surface area contributed by atoms with Crippen molar-refractivity contribution in [1.29, 1.82) is 0 Å². The van der Waals surface area contributed by atoms with Crippen LogP contribution in [0.2, 0.25) is 0 Å². The van der Waals surface area contributed by atoms with Gasteiger partial charge in [0.15, 0.2) is 0 Å². The minimum Gasteiger partial charge on any atom is -0.489 e. The summed E-state index contributed by atoms with van der Waals surface area (Å²) in [5.74, 6) is 0.926. The molecule has 0 aromatic heterocycles. The van der Waals surface area contributed by atoms with Crippen molar-refractivity contribution in [3.05, 3.63) is 65.7 Å². The summed E-state index contributed by atoms with van der Waals surface area (Å²) in [5, 5.41) is 3.50. The van der Waals surface area contributed by atoms with Gasteiger partial charge in [-0.2, -0.15) is 0 Å². The van der Waals surface area contributed by atoms with E-state index in [1.165, 1.54) is 36.8 Å². The second-order valence-electron chi connectivity index (χ2n) is 5.66. The Morgan fingerprint density at radius 1 is 0.826 bits per heavy atom. The van der Waals surface area contributed by atoms with Crippen molar-refractivity contribution in [3.63, 3.8) is 0 Å². The molecule has 0 aliphatic carbocycles. The third-order valence-electron chi connectivity index (χ3n) is 3.71. The Labute approximate surface area is 146 Å². The SMILES string of the molecule is CCCCCCNCc1ccc(OCc2ccccc2)cc1.Cl. The lowest BCUT2D eigenvalue weighted by Gasteiger charge is -2.08. The quantitative estimate of drug-likeness (QED) is 0.591. The molecule has 0 bridgehead atoms. The zero-order valence-electron chi connectivity index (χ0n) is 14.0. The number of ether oxygens (including phenoxy) is 1. The molecule has 0 heterocycles. The fraction of sp³-hybridized carbons (Fsp3) is 0.400. The molecule has 0 aliphatic rings. The summed E-state index contributed by atoms with van der Waals surface area (Å²) in [4.78, 5) is 0. The van der Waals surface area contributed by atoms with Gasteiger partial charge in [-0.15, -0.1) is 12.4 Å². The van der Waals surface area contributed by atoms with Crippen molar-refractivity contribution in [1.82, 2.24) is 5.32 Å². The van der Waals surface area contributed by atoms with Crippen LogP contribution < -0.4 is 10.1 Å². The molecule has 0 aliphatic heterocycles. The second-order valence-corrected chi connectivity index (χ2v) is 5.66. The number of halogens is 1. The highest BCUT2D eigenvalue weighted by Crippen LogP contribution is 2.14. The van der Waals surface area contributed by atoms with Crippen LogP contribution in [0.15, 0.2) is 54.6 Å². The van der Waals surface area contributed by atoms with Crippen LogP contribution in [0.25, 0.3) is 0 Å². The molecule has 0 fully saturated rings. The van der Waals surface area contributed by atoms with Gasteiger partial charge in [0.05, 0.1) is 0 Å². The number of benzene rings is 2. The molecular formula is C20H28ClNO. The van der Waals surface area contributed by atoms with E-state index in [1.807, 2.05) is 18.2 Å². The van der Waals surface area contributed by atoms with Crippen LogP contribution in [0.1, 0.15) is 43.7 Å². The van der Waals surface area contributed by atoms with E-state index in [2.05, 4.69) is 48.6 Å². The molecule has 3 heteroatoms. The molecule has 0 saturated heterocycles. The van der Waals surface area contributed by atoms with Crippen LogP contribution in [0.5, 0.6) is 5.75 Å². The Kier molecular flexibility index (Phi) is 10.2. The van der Waals surface area contributed by atoms with Gasteiger partial charge in [-0.1, -0.05) is 68.7 Å². The average molecular weight is 334 g/mol. The minimum atomic E-state index is 0. The Bertz CT molecular complexity index is 513. The highest BCUT2D eigenvalue weighted by molar-refractivity contribution is 5.85. The number of nitrogens with one attached hydrogen (secondary N) is 1. The fourth-order valence-electron chi connectivity index (χ4n) is 2.35. The molecule has 0 saturated carbocycles. The highest BCUT2D eigenvalue weighted by atomic mass is 35.5. The Morgan fingerprint density at radius 2 is 1.57 bits per heavy atom. The summed E-state index contributed by atoms with van der Waals surface area (Å²) in [6.45, 7) is 4.90. The predicted octanol–water partition coefficient (Wildman–Crippen LogP) is 5.36. The average Bonchev–Trinajstić information content (AvgIpc) is 2.58. The summed E-state index contributed by atoms with van der Waals surface area (Å²) in [6.07, 6.45) is 5.24. The van der Waals surface area contributed by atoms with Crippen molar-refractivity contribution < 1.29 is 4.74 Å². The van der Waals surface area contributed by atoms with Gasteiger partial charge in [0.2, 0.25) is 0 Å². The van der Waals surface area contributed by atoms with E-state index in [9.17, 15) is 0 Å². The third kappa shape index (κ3) is 8.06. The normalized spacial score (nSPS) is 10.1. The van der Waals surface area contributed by atoms with E-state index in [0.717, 1.165) is 18.8 Å². The summed E-state index contributed by atoms with van der Waals surface area (Å²) in [7, 11) is 0. The smallest absolute Gasteiger partial charge is 0.119 e. The van der Waals surface area contributed by atoms with Gasteiger partial charge in [0, 0.05) is 6.54 Å². The third-order valence-corrected chi connectivity index (χ3v) is 3.71. The summed E-state index contributed by atoms with van der Waals surface area (Å²) < 4.78 is 5.80. The largest absolute Gasteiger partial charge is 0.489 e. The van der Waals surface area contributed by atoms with E-state index in [1.54, 1.807) is 0 Å². The Balaban J connectivity index is 0.00000264. The zero-order valence-corrected chi connectivity index (χ0v) is 14.8. The Hall–Kier alpha value is -1.51. The maximum atomic E-state index is 5.80. The molecule has 2 aromatic rings. The second kappa shape index (κ2) is 12.0. The van der Waals surface area contributed by atoms with Crippen LogP contribution in [0, 0.1) is 0 Å². The van der Waals surface area contributed by atoms with Crippen LogP contribution in [0.4, 0.5) is 0 Å². The lowest BCUT2D eigenvalue weighted by molar-refractivity contribution is 0.306. The lowest BCUT2D eigenvalue weighted by Crippen LogP contribution is -2.14. The number of rotatable bonds is 10. The van der Waals surface area contributed by atoms with Crippen LogP contribution in [-0.2, 0) is 13.2 Å². The van der Waals surface area contributed by atoms with E-state index in [-0.39, 0.29) is 12.4 Å². The number of hydrogen-bond acceptors (Lipinski definition) is 2. The molecule has 0 spiro atoms. The van der Waals surface area contributed by atoms with Crippen LogP contribution >= 0.6 is 12.4 Å². The summed E-state index contributed by atoms with van der Waals surface area (Å²) >= 11 is 0. The number of hydrogen-bond donors (Lipinski definition) is 1. The van der Waals surface area contributed by atoms with Crippen LogP contribution in [-0.4, -0.2) is 6.54 Å². The van der Waals surface area contributed by atoms with Crippen molar-refractivity contribution in [2.24, 2.45) is 0 Å². The molecule has 0 atom stereocenters. The van der Waals surface area contributed by atoms with Gasteiger partial charge in [-0.05, 0) is 36.2 Å². The lowest BCUT2D eigenvalue weighted by atomic mass is 10.2. The van der Waals surface area contributed by atoms with Gasteiger partial charge in [-0.25, -0.2) is 0 Å². The molecule has 1 N–H and O–H groups in total. The maximum absolute atomic E-state index is 5.80. The van der Waals surface area contributed by atoms with Gasteiger partial charge in [0.1, 0.15) is 12.4 Å². The van der Waals surface area contributed by atoms with Gasteiger partial charge in [-0.3, -0.25) is 0 Å². The maximum Gasteiger partial charge on any atom is 0.119 e. The van der Waals surface area contributed by atoms with E-state index < -0.39 is 0 Å². The van der Waals surface area contributed by atoms with E-state index in [0.29, 0.717) is 6.61 Å². The van der Waals surface area contributed by atoms with Crippen molar-refractivity contribution in [2.75, 3.05) is 6.54 Å². The number of unbranched alkanes of at least 4 members (excludes halogenated alkanes) is 3. The molecule has 126 valence electrons. The van der Waals surface area contributed by atoms with Gasteiger partial charge >= 0.3 is 0 Å². The van der Waals surface area contributed by atoms with E-state index >= 15 is 0 Å². The monoisotopic (exact) mass is 333 g/mol. The molecular weight excluding hydrogens is 306 g/mol. The molecule has 0 unspecified atom stereocenters. The van der Waals surface area contributed by atoms with Gasteiger partial charge in [0.25, 0.3) is 0 Å². The topological polar surface area (TPSA) is 21.3 Å². The molecule has 2 rings (SSSR count). The molecule has 0 radical (unpaired) electrons. The van der Waals surface area contributed by atoms with E-state index in [4.69, 9.17) is 4.74 Å². The fourth-order valence-corrected chi connectivity index (χ4v) is 2.35. The molecule has 2 nitrogen and oxygen atoms in total. The summed E-state index contributed by atoms with van der Waals surface area (Å²) in [6, 6.07) is 18.6. The standard InChI is InChI=1S/C20H27NO.ClH/c1-2-3-4-8-15-21-16-18-11-13-20(14-12-18)22-17-19-9-6-5-7-10-19;/h5-7,9-14,21H,2-4,8,15-17H2,1H3;1H. The van der Waals surface area contributed by atoms with Crippen LogP contribution in [0.3, 0.4) is 0 Å². The first-order valence-electron chi connectivity index (χ1n) is 8.35. The zero-order chi connectivity index (χ0) is 15.5. The first kappa shape index (κ1) is 19.5.